The minimum Gasteiger partial charge on any atom is -0.478 e. The molecule has 0 unspecified atom stereocenters. The van der Waals surface area contributed by atoms with Gasteiger partial charge >= 0.3 is 5.97 Å². The Kier molecular flexibility index (Phi) is 6.60. The monoisotopic (exact) mass is 562 g/mol. The first-order valence-corrected chi connectivity index (χ1v) is 13.9. The van der Waals surface area contributed by atoms with Crippen LogP contribution in [-0.4, -0.2) is 44.9 Å². The fourth-order valence-corrected chi connectivity index (χ4v) is 6.29. The standard InChI is InChI=1S/C30H28Cl2N4O3/c1-3-24(34-23-6-4-5-20(17(23)2)29(37)38)36-11-9-30(10-12-36)13-19(14-30)25-27(35-39-28(25)18-7-8-18)26-21(31)15-33-16-22(26)32/h3-6,13,15-16,18H,2,7-12,14H2,1H3,(H,37,38)/b24-3+,34-23?. The van der Waals surface area contributed by atoms with Gasteiger partial charge in [0.15, 0.2) is 0 Å². The molecule has 2 aromatic rings. The summed E-state index contributed by atoms with van der Waals surface area (Å²) in [4.78, 5) is 22.7. The molecule has 1 saturated carbocycles. The van der Waals surface area contributed by atoms with Gasteiger partial charge < -0.3 is 14.5 Å². The number of pyridine rings is 1. The van der Waals surface area contributed by atoms with Crippen LogP contribution in [0.1, 0.15) is 56.3 Å². The highest BCUT2D eigenvalue weighted by Crippen LogP contribution is 2.56. The molecule has 6 rings (SSSR count). The van der Waals surface area contributed by atoms with Crippen molar-refractivity contribution >= 4 is 40.5 Å². The predicted molar refractivity (Wildman–Crippen MR) is 153 cm³/mol. The Morgan fingerprint density at radius 2 is 1.92 bits per heavy atom. The van der Waals surface area contributed by atoms with Crippen molar-refractivity contribution in [1.29, 1.82) is 0 Å². The van der Waals surface area contributed by atoms with Gasteiger partial charge in [0, 0.05) is 48.1 Å². The van der Waals surface area contributed by atoms with E-state index < -0.39 is 5.97 Å². The van der Waals surface area contributed by atoms with Gasteiger partial charge in [0.1, 0.15) is 17.3 Å². The molecule has 0 amide bonds. The van der Waals surface area contributed by atoms with Gasteiger partial charge in [0.05, 0.1) is 21.3 Å². The van der Waals surface area contributed by atoms with E-state index in [1.54, 1.807) is 30.6 Å². The van der Waals surface area contributed by atoms with Crippen LogP contribution in [0.3, 0.4) is 0 Å². The van der Waals surface area contributed by atoms with Crippen LogP contribution in [0.5, 0.6) is 0 Å². The van der Waals surface area contributed by atoms with Gasteiger partial charge in [-0.3, -0.25) is 4.98 Å². The molecule has 3 heterocycles. The number of rotatable bonds is 6. The summed E-state index contributed by atoms with van der Waals surface area (Å²) < 4.78 is 5.87. The summed E-state index contributed by atoms with van der Waals surface area (Å²) in [5.41, 5.74) is 4.96. The molecule has 0 bridgehead atoms. The van der Waals surface area contributed by atoms with Crippen LogP contribution in [0.15, 0.2) is 75.8 Å². The number of carboxylic acids is 1. The smallest absolute Gasteiger partial charge is 0.336 e. The van der Waals surface area contributed by atoms with Gasteiger partial charge in [-0.15, -0.1) is 0 Å². The maximum absolute atomic E-state index is 11.5. The quantitative estimate of drug-likeness (QED) is 0.399. The van der Waals surface area contributed by atoms with Gasteiger partial charge in [-0.1, -0.05) is 47.1 Å². The Bertz CT molecular complexity index is 1510. The molecule has 39 heavy (non-hydrogen) atoms. The second kappa shape index (κ2) is 9.96. The van der Waals surface area contributed by atoms with E-state index in [1.165, 1.54) is 5.57 Å². The van der Waals surface area contributed by atoms with Gasteiger partial charge in [-0.05, 0) is 68.2 Å². The number of hydrogen-bond acceptors (Lipinski definition) is 6. The van der Waals surface area contributed by atoms with E-state index in [2.05, 4.69) is 27.7 Å². The fraction of sp³-hybridized carbons (Fsp3) is 0.333. The number of halogens is 2. The number of aliphatic imine (C=N–C) groups is 1. The van der Waals surface area contributed by atoms with Crippen molar-refractivity contribution in [2.24, 2.45) is 10.4 Å². The number of aromatic nitrogens is 2. The van der Waals surface area contributed by atoms with Gasteiger partial charge in [0.25, 0.3) is 0 Å². The van der Waals surface area contributed by atoms with Crippen LogP contribution in [0.4, 0.5) is 0 Å². The number of aliphatic carboxylic acids is 1. The summed E-state index contributed by atoms with van der Waals surface area (Å²) in [6, 6.07) is 0. The lowest BCUT2D eigenvalue weighted by molar-refractivity contribution is -0.132. The number of nitrogens with zero attached hydrogens (tertiary/aromatic N) is 4. The zero-order chi connectivity index (χ0) is 27.3. The van der Waals surface area contributed by atoms with Crippen LogP contribution in [0.25, 0.3) is 16.8 Å². The third-order valence-corrected chi connectivity index (χ3v) is 8.63. The maximum atomic E-state index is 11.5. The number of carbonyl (C=O) groups is 1. The molecular weight excluding hydrogens is 535 g/mol. The van der Waals surface area contributed by atoms with Crippen LogP contribution in [-0.2, 0) is 4.79 Å². The molecule has 1 aliphatic heterocycles. The zero-order valence-corrected chi connectivity index (χ0v) is 23.1. The molecular formula is C30H28Cl2N4O3. The predicted octanol–water partition coefficient (Wildman–Crippen LogP) is 7.23. The first kappa shape index (κ1) is 25.8. The Morgan fingerprint density at radius 1 is 1.23 bits per heavy atom. The lowest BCUT2D eigenvalue weighted by atomic mass is 9.63. The van der Waals surface area contributed by atoms with E-state index in [0.29, 0.717) is 38.5 Å². The maximum Gasteiger partial charge on any atom is 0.336 e. The third kappa shape index (κ3) is 4.68. The minimum absolute atomic E-state index is 0.118. The minimum atomic E-state index is -0.999. The van der Waals surface area contributed by atoms with Crippen molar-refractivity contribution in [3.63, 3.8) is 0 Å². The van der Waals surface area contributed by atoms with Crippen molar-refractivity contribution in [2.45, 2.75) is 44.9 Å². The molecule has 4 aliphatic rings. The molecule has 0 atom stereocenters. The van der Waals surface area contributed by atoms with Gasteiger partial charge in [-0.25, -0.2) is 9.79 Å². The summed E-state index contributed by atoms with van der Waals surface area (Å²) in [5, 5.41) is 14.8. The molecule has 200 valence electrons. The normalized spacial score (nSPS) is 21.7. The molecule has 1 spiro atoms. The van der Waals surface area contributed by atoms with Crippen LogP contribution in [0.2, 0.25) is 10.0 Å². The number of carboxylic acid groups (broad SMARTS) is 1. The summed E-state index contributed by atoms with van der Waals surface area (Å²) >= 11 is 13.0. The SMILES string of the molecule is C=C1C(C(=O)O)=CC=CC1=N/C(=C\C)N1CCC2(C=C(c3c(-c4c(Cl)cncc4Cl)noc3C3CC3)C2)CC1. The molecule has 0 radical (unpaired) electrons. The van der Waals surface area contributed by atoms with Crippen molar-refractivity contribution < 1.29 is 14.4 Å². The Morgan fingerprint density at radius 3 is 2.54 bits per heavy atom. The van der Waals surface area contributed by atoms with Crippen LogP contribution < -0.4 is 0 Å². The van der Waals surface area contributed by atoms with E-state index in [0.717, 1.165) is 62.3 Å². The van der Waals surface area contributed by atoms with Gasteiger partial charge in [-0.2, -0.15) is 0 Å². The first-order chi connectivity index (χ1) is 18.8. The molecule has 3 aliphatic carbocycles. The van der Waals surface area contributed by atoms with Crippen LogP contribution in [0, 0.1) is 5.41 Å². The highest BCUT2D eigenvalue weighted by molar-refractivity contribution is 6.39. The number of likely N-dealkylation sites (tertiary alicyclic amines) is 1. The van der Waals surface area contributed by atoms with Crippen molar-refractivity contribution in [3.8, 4) is 11.3 Å². The fourth-order valence-electron chi connectivity index (χ4n) is 5.75. The molecule has 0 aromatic carbocycles. The van der Waals surface area contributed by atoms with E-state index in [4.69, 9.17) is 32.7 Å². The van der Waals surface area contributed by atoms with Gasteiger partial charge in [0.2, 0.25) is 0 Å². The molecule has 1 N–H and O–H groups in total. The van der Waals surface area contributed by atoms with Crippen molar-refractivity contribution in [1.82, 2.24) is 15.0 Å². The summed E-state index contributed by atoms with van der Waals surface area (Å²) in [6.45, 7) is 7.62. The van der Waals surface area contributed by atoms with E-state index in [-0.39, 0.29) is 11.0 Å². The average molecular weight is 563 g/mol. The summed E-state index contributed by atoms with van der Waals surface area (Å²) in [5.74, 6) is 1.17. The summed E-state index contributed by atoms with van der Waals surface area (Å²) in [7, 11) is 0. The van der Waals surface area contributed by atoms with E-state index >= 15 is 0 Å². The average Bonchev–Trinajstić information content (AvgIpc) is 3.66. The number of hydrogen-bond donors (Lipinski definition) is 1. The molecule has 7 nitrogen and oxygen atoms in total. The van der Waals surface area contributed by atoms with E-state index in [1.807, 2.05) is 13.0 Å². The van der Waals surface area contributed by atoms with Crippen molar-refractivity contribution in [2.75, 3.05) is 13.1 Å². The topological polar surface area (TPSA) is 91.8 Å². The lowest BCUT2D eigenvalue weighted by Crippen LogP contribution is -2.41. The lowest BCUT2D eigenvalue weighted by Gasteiger charge is -2.47. The largest absolute Gasteiger partial charge is 0.478 e. The third-order valence-electron chi connectivity index (χ3n) is 8.06. The molecule has 1 saturated heterocycles. The summed E-state index contributed by atoms with van der Waals surface area (Å²) in [6.07, 6.45) is 17.7. The molecule has 9 heteroatoms. The Hall–Kier alpha value is -3.42. The Balaban J connectivity index is 1.21. The van der Waals surface area contributed by atoms with Crippen molar-refractivity contribution in [3.05, 3.63) is 87.7 Å². The molecule has 2 aromatic heterocycles. The Labute approximate surface area is 236 Å². The highest BCUT2D eigenvalue weighted by Gasteiger charge is 2.44. The number of piperidine rings is 1. The second-order valence-corrected chi connectivity index (χ2v) is 11.4. The molecule has 2 fully saturated rings. The first-order valence-electron chi connectivity index (χ1n) is 13.1. The van der Waals surface area contributed by atoms with E-state index in [9.17, 15) is 9.90 Å². The van der Waals surface area contributed by atoms with Crippen LogP contribution >= 0.6 is 23.2 Å². The highest BCUT2D eigenvalue weighted by atomic mass is 35.5. The number of allylic oxidation sites excluding steroid dienone is 6. The second-order valence-electron chi connectivity index (χ2n) is 10.6. The zero-order valence-electron chi connectivity index (χ0n) is 21.6.